The van der Waals surface area contributed by atoms with E-state index in [9.17, 15) is 48.5 Å². The summed E-state index contributed by atoms with van der Waals surface area (Å²) in [5.74, 6) is -6.97. The number of ether oxygens (including phenoxy) is 11. The zero-order valence-electron chi connectivity index (χ0n) is 32.6. The van der Waals surface area contributed by atoms with E-state index >= 15 is 0 Å². The Hall–Kier alpha value is -5.78. The topological polar surface area (TPSA) is 293 Å². The van der Waals surface area contributed by atoms with Gasteiger partial charge in [0.2, 0.25) is 5.91 Å². The number of amides is 1. The number of non-ortho nitro benzene ring substituents is 1. The molecule has 2 aliphatic heterocycles. The number of esters is 7. The number of carbonyl (C=O) groups excluding carboxylic acids is 8. The van der Waals surface area contributed by atoms with Crippen molar-refractivity contribution in [3.05, 3.63) is 33.9 Å². The molecule has 2 heterocycles. The molecule has 10 atom stereocenters. The molecule has 0 radical (unpaired) electrons. The van der Waals surface area contributed by atoms with Crippen LogP contribution in [0.3, 0.4) is 0 Å². The van der Waals surface area contributed by atoms with Gasteiger partial charge in [-0.05, 0) is 6.07 Å². The van der Waals surface area contributed by atoms with Gasteiger partial charge >= 0.3 is 41.8 Å². The number of nitrogens with one attached hydrogen (secondary N) is 1. The summed E-state index contributed by atoms with van der Waals surface area (Å²) in [6.45, 7) is 6.49. The predicted molar refractivity (Wildman–Crippen MR) is 184 cm³/mol. The van der Waals surface area contributed by atoms with Gasteiger partial charge in [-0.3, -0.25) is 48.5 Å². The second kappa shape index (κ2) is 21.1. The molecule has 0 aromatic heterocycles. The number of nitrogens with zero attached hydrogens (tertiary/aromatic N) is 1. The van der Waals surface area contributed by atoms with E-state index in [-0.39, 0.29) is 11.3 Å². The van der Waals surface area contributed by atoms with Crippen molar-refractivity contribution in [3.8, 4) is 5.75 Å². The second-order valence-electron chi connectivity index (χ2n) is 12.8. The molecular weight excluding hydrogens is 784 g/mol. The Bertz CT molecular complexity index is 1730. The molecule has 1 aromatic rings. The first kappa shape index (κ1) is 46.6. The summed E-state index contributed by atoms with van der Waals surface area (Å²) < 4.78 is 62.1. The zero-order valence-corrected chi connectivity index (χ0v) is 32.6. The van der Waals surface area contributed by atoms with Crippen molar-refractivity contribution < 1.29 is 95.4 Å². The standard InChI is InChI=1S/C35H44N2O21/c1-15(38)36-28-31(53-20(6)43)29(26(13-48-16(2)39)56-34(28)50-12-23-11-24(37(46)47)9-10-25(23)51-18(4)41)58-35-33(55-22(8)45)32(54-21(7)44)30(52-19(5)42)27(57-35)14-49-17(3)40/h9-11,26-35H,12-14H2,1-8H3,(H,36,38)/t26-,27-,28-,29-,30+,31-,32+,33-,34-,35+/m1/s1. The number of carbonyl (C=O) groups is 8. The molecule has 23 nitrogen and oxygen atoms in total. The van der Waals surface area contributed by atoms with Crippen molar-refractivity contribution in [2.45, 2.75) is 123 Å². The lowest BCUT2D eigenvalue weighted by Crippen LogP contribution is -2.69. The molecule has 3 rings (SSSR count). The van der Waals surface area contributed by atoms with E-state index in [1.165, 1.54) is 0 Å². The van der Waals surface area contributed by atoms with Gasteiger partial charge in [0, 0.05) is 73.1 Å². The summed E-state index contributed by atoms with van der Waals surface area (Å²) in [6.07, 6.45) is -14.9. The number of benzene rings is 1. The van der Waals surface area contributed by atoms with Gasteiger partial charge in [0.05, 0.1) is 11.5 Å². The van der Waals surface area contributed by atoms with Gasteiger partial charge in [-0.1, -0.05) is 0 Å². The Balaban J connectivity index is 2.18. The average Bonchev–Trinajstić information content (AvgIpc) is 3.09. The van der Waals surface area contributed by atoms with E-state index in [0.29, 0.717) is 0 Å². The zero-order chi connectivity index (χ0) is 43.4. The van der Waals surface area contributed by atoms with Crippen molar-refractivity contribution in [2.24, 2.45) is 0 Å². The fourth-order valence-electron chi connectivity index (χ4n) is 5.94. The Labute approximate surface area is 330 Å². The summed E-state index contributed by atoms with van der Waals surface area (Å²) in [4.78, 5) is 109. The SMILES string of the molecule is CC(=O)N[C@H]1[C@H](OCc2cc([N+](=O)[O-])ccc2OC(C)=O)O[C@H](COC(C)=O)[C@@H](O[C@@H]2O[C@H](COC(C)=O)[C@H](OC(C)=O)[C@H](OC(C)=O)[C@H]2OC(C)=O)[C@@H]1OC(C)=O. The average molecular weight is 829 g/mol. The summed E-state index contributed by atoms with van der Waals surface area (Å²) in [5, 5.41) is 14.1. The van der Waals surface area contributed by atoms with Gasteiger partial charge in [0.1, 0.15) is 43.3 Å². The quantitative estimate of drug-likeness (QED) is 0.0767. The molecule has 2 saturated heterocycles. The molecule has 0 spiro atoms. The van der Waals surface area contributed by atoms with E-state index in [1.54, 1.807) is 0 Å². The minimum atomic E-state index is -1.88. The summed E-state index contributed by atoms with van der Waals surface area (Å²) in [6, 6.07) is 1.79. The van der Waals surface area contributed by atoms with Crippen LogP contribution in [0.2, 0.25) is 0 Å². The predicted octanol–water partition coefficient (Wildman–Crippen LogP) is 0.229. The lowest BCUT2D eigenvalue weighted by atomic mass is 9.94. The van der Waals surface area contributed by atoms with E-state index in [0.717, 1.165) is 73.6 Å². The number of nitro benzene ring substituents is 1. The van der Waals surface area contributed by atoms with Crippen LogP contribution in [0.4, 0.5) is 5.69 Å². The van der Waals surface area contributed by atoms with Crippen molar-refractivity contribution in [2.75, 3.05) is 13.2 Å². The highest BCUT2D eigenvalue weighted by atomic mass is 16.8. The molecule has 1 N–H and O–H groups in total. The van der Waals surface area contributed by atoms with E-state index < -0.39 is 139 Å². The smallest absolute Gasteiger partial charge is 0.308 e. The first-order chi connectivity index (χ1) is 27.2. The van der Waals surface area contributed by atoms with Gasteiger partial charge in [-0.2, -0.15) is 0 Å². The van der Waals surface area contributed by atoms with Crippen LogP contribution in [0.1, 0.15) is 61.0 Å². The Morgan fingerprint density at radius 3 is 1.64 bits per heavy atom. The summed E-state index contributed by atoms with van der Waals surface area (Å²) in [7, 11) is 0. The first-order valence-electron chi connectivity index (χ1n) is 17.4. The Morgan fingerprint density at radius 2 is 1.14 bits per heavy atom. The summed E-state index contributed by atoms with van der Waals surface area (Å²) >= 11 is 0. The Morgan fingerprint density at radius 1 is 0.638 bits per heavy atom. The van der Waals surface area contributed by atoms with Gasteiger partial charge in [-0.15, -0.1) is 0 Å². The minimum Gasteiger partial charge on any atom is -0.463 e. The van der Waals surface area contributed by atoms with Crippen LogP contribution in [0.5, 0.6) is 5.75 Å². The van der Waals surface area contributed by atoms with Crippen LogP contribution in [0.25, 0.3) is 0 Å². The van der Waals surface area contributed by atoms with Crippen LogP contribution in [-0.4, -0.2) is 127 Å². The molecule has 0 saturated carbocycles. The lowest BCUT2D eigenvalue weighted by molar-refractivity contribution is -0.385. The number of rotatable bonds is 16. The number of nitro groups is 1. The van der Waals surface area contributed by atoms with Crippen LogP contribution in [-0.2, 0) is 92.3 Å². The Kier molecular flexibility index (Phi) is 17.0. The minimum absolute atomic E-state index is 0.0222. The fraction of sp³-hybridized carbons (Fsp3) is 0.600. The highest BCUT2D eigenvalue weighted by Crippen LogP contribution is 2.35. The molecule has 2 fully saturated rings. The summed E-state index contributed by atoms with van der Waals surface area (Å²) in [5.41, 5.74) is -0.424. The van der Waals surface area contributed by atoms with Crippen LogP contribution in [0, 0.1) is 10.1 Å². The van der Waals surface area contributed by atoms with Crippen molar-refractivity contribution in [3.63, 3.8) is 0 Å². The fourth-order valence-corrected chi connectivity index (χ4v) is 5.94. The molecule has 320 valence electrons. The van der Waals surface area contributed by atoms with Gasteiger partial charge in [0.15, 0.2) is 37.0 Å². The maximum atomic E-state index is 12.7. The van der Waals surface area contributed by atoms with Crippen molar-refractivity contribution >= 4 is 53.4 Å². The molecular formula is C35H44N2O21. The molecule has 1 amide bonds. The number of hydrogen-bond donors (Lipinski definition) is 1. The largest absolute Gasteiger partial charge is 0.463 e. The number of hydrogen-bond acceptors (Lipinski definition) is 21. The van der Waals surface area contributed by atoms with Gasteiger partial charge in [-0.25, -0.2) is 0 Å². The maximum Gasteiger partial charge on any atom is 0.308 e. The normalized spacial score (nSPS) is 26.5. The third-order valence-electron chi connectivity index (χ3n) is 7.92. The molecule has 0 bridgehead atoms. The molecule has 23 heteroatoms. The maximum absolute atomic E-state index is 12.7. The van der Waals surface area contributed by atoms with E-state index in [4.69, 9.17) is 52.1 Å². The van der Waals surface area contributed by atoms with E-state index in [1.807, 2.05) is 0 Å². The van der Waals surface area contributed by atoms with E-state index in [2.05, 4.69) is 5.32 Å². The van der Waals surface area contributed by atoms with Gasteiger partial charge < -0.3 is 57.4 Å². The second-order valence-corrected chi connectivity index (χ2v) is 12.8. The highest BCUT2D eigenvalue weighted by molar-refractivity contribution is 5.74. The lowest BCUT2D eigenvalue weighted by Gasteiger charge is -2.49. The van der Waals surface area contributed by atoms with Crippen LogP contribution < -0.4 is 10.1 Å². The monoisotopic (exact) mass is 828 g/mol. The van der Waals surface area contributed by atoms with Crippen LogP contribution in [0.15, 0.2) is 18.2 Å². The van der Waals surface area contributed by atoms with Crippen LogP contribution >= 0.6 is 0 Å². The van der Waals surface area contributed by atoms with Crippen molar-refractivity contribution in [1.29, 1.82) is 0 Å². The molecule has 1 aromatic carbocycles. The first-order valence-corrected chi connectivity index (χ1v) is 17.4. The third-order valence-corrected chi connectivity index (χ3v) is 7.92. The molecule has 2 aliphatic rings. The molecule has 0 unspecified atom stereocenters. The van der Waals surface area contributed by atoms with Crippen molar-refractivity contribution in [1.82, 2.24) is 5.32 Å². The molecule has 58 heavy (non-hydrogen) atoms. The van der Waals surface area contributed by atoms with Gasteiger partial charge in [0.25, 0.3) is 5.69 Å². The highest BCUT2D eigenvalue weighted by Gasteiger charge is 2.57. The molecule has 0 aliphatic carbocycles. The third kappa shape index (κ3) is 13.7.